The van der Waals surface area contributed by atoms with Gasteiger partial charge in [0.15, 0.2) is 5.65 Å². The third-order valence-corrected chi connectivity index (χ3v) is 6.53. The molecule has 0 spiro atoms. The number of fused-ring (bicyclic) bond motifs is 1. The summed E-state index contributed by atoms with van der Waals surface area (Å²) in [4.78, 5) is 16.2. The van der Waals surface area contributed by atoms with Gasteiger partial charge < -0.3 is 4.98 Å². The lowest BCUT2D eigenvalue weighted by atomic mass is 9.97. The van der Waals surface area contributed by atoms with Crippen molar-refractivity contribution in [1.29, 1.82) is 0 Å². The molecule has 5 aromatic rings. The molecule has 226 valence electrons. The molecule has 0 aliphatic heterocycles. The number of benzene rings is 2. The molecule has 0 unspecified atom stereocenters. The first kappa shape index (κ1) is 30.1. The molecular formula is C28H25F5N6O3S. The minimum absolute atomic E-state index is 0.0465. The number of hydrogen-bond acceptors (Lipinski definition) is 7. The molecule has 0 atom stereocenters. The molecule has 0 radical (unpaired) electrons. The number of halogens is 5. The SMILES string of the molecule is CC(C)(C)Cn1c(NOS(C)(=O)=O)nc2ccc(-c3[nH]c(-c4c(F)cccc4C(F)(F)F)nc3-c3ccc(F)cc3)nc21. The number of imidazole rings is 2. The maximum Gasteiger partial charge on any atom is 0.417 e. The van der Waals surface area contributed by atoms with E-state index in [1.807, 2.05) is 20.8 Å². The van der Waals surface area contributed by atoms with Crippen LogP contribution in [-0.4, -0.2) is 39.2 Å². The molecule has 43 heavy (non-hydrogen) atoms. The first-order valence-corrected chi connectivity index (χ1v) is 14.6. The van der Waals surface area contributed by atoms with Crippen molar-refractivity contribution in [2.45, 2.75) is 33.5 Å². The summed E-state index contributed by atoms with van der Waals surface area (Å²) in [5.41, 5.74) is 1.37. The molecule has 0 fully saturated rings. The number of aromatic amines is 1. The van der Waals surface area contributed by atoms with Crippen LogP contribution in [0.4, 0.5) is 27.9 Å². The first-order chi connectivity index (χ1) is 20.0. The normalized spacial score (nSPS) is 12.7. The quantitative estimate of drug-likeness (QED) is 0.152. The Morgan fingerprint density at radius 2 is 1.65 bits per heavy atom. The second-order valence-corrected chi connectivity index (χ2v) is 12.6. The van der Waals surface area contributed by atoms with Gasteiger partial charge in [0.2, 0.25) is 5.95 Å². The number of alkyl halides is 3. The highest BCUT2D eigenvalue weighted by molar-refractivity contribution is 7.86. The summed E-state index contributed by atoms with van der Waals surface area (Å²) in [5.74, 6) is -2.05. The van der Waals surface area contributed by atoms with Crippen molar-refractivity contribution >= 4 is 27.2 Å². The van der Waals surface area contributed by atoms with Crippen molar-refractivity contribution in [3.8, 4) is 34.0 Å². The van der Waals surface area contributed by atoms with Crippen LogP contribution in [0.25, 0.3) is 45.2 Å². The molecule has 0 saturated carbocycles. The summed E-state index contributed by atoms with van der Waals surface area (Å²) in [6.45, 7) is 6.11. The molecule has 15 heteroatoms. The fourth-order valence-electron chi connectivity index (χ4n) is 4.45. The lowest BCUT2D eigenvalue weighted by Crippen LogP contribution is -2.19. The van der Waals surface area contributed by atoms with Crippen molar-refractivity contribution in [3.05, 3.63) is 71.8 Å². The van der Waals surface area contributed by atoms with Crippen molar-refractivity contribution in [1.82, 2.24) is 24.5 Å². The Morgan fingerprint density at radius 1 is 0.953 bits per heavy atom. The lowest BCUT2D eigenvalue weighted by molar-refractivity contribution is -0.137. The number of aromatic nitrogens is 5. The van der Waals surface area contributed by atoms with Crippen molar-refractivity contribution in [2.75, 3.05) is 11.7 Å². The van der Waals surface area contributed by atoms with Gasteiger partial charge in [-0.05, 0) is 53.9 Å². The summed E-state index contributed by atoms with van der Waals surface area (Å²) in [7, 11) is -3.89. The topological polar surface area (TPSA) is 115 Å². The minimum Gasteiger partial charge on any atom is -0.336 e. The standard InChI is InChI=1S/C28H25F5N6O3S/c1-27(2,3)14-39-25-20(35-26(39)38-42-43(4,40)41)13-12-19(34-25)23-22(15-8-10-16(29)11-9-15)36-24(37-23)21-17(28(31,32)33)6-5-7-18(21)30/h5-13H,14H2,1-4H3,(H,35,38)(H,36,37). The van der Waals surface area contributed by atoms with Crippen LogP contribution in [0.5, 0.6) is 0 Å². The molecular weight excluding hydrogens is 595 g/mol. The van der Waals surface area contributed by atoms with E-state index in [4.69, 9.17) is 9.27 Å². The number of nitrogens with one attached hydrogen (secondary N) is 2. The zero-order valence-electron chi connectivity index (χ0n) is 23.2. The lowest BCUT2D eigenvalue weighted by Gasteiger charge is -2.20. The summed E-state index contributed by atoms with van der Waals surface area (Å²) in [5, 5.41) is 0. The van der Waals surface area contributed by atoms with E-state index >= 15 is 0 Å². The van der Waals surface area contributed by atoms with E-state index in [1.54, 1.807) is 10.6 Å². The Hall–Kier alpha value is -4.37. The van der Waals surface area contributed by atoms with Crippen LogP contribution in [-0.2, 0) is 27.1 Å². The summed E-state index contributed by atoms with van der Waals surface area (Å²) >= 11 is 0. The van der Waals surface area contributed by atoms with Crippen LogP contribution < -0.4 is 5.48 Å². The largest absolute Gasteiger partial charge is 0.417 e. The molecule has 0 saturated heterocycles. The fraction of sp³-hybridized carbons (Fsp3) is 0.250. The highest BCUT2D eigenvalue weighted by Gasteiger charge is 2.36. The molecule has 9 nitrogen and oxygen atoms in total. The first-order valence-electron chi connectivity index (χ1n) is 12.7. The Kier molecular flexibility index (Phi) is 7.50. The molecule has 0 bridgehead atoms. The third-order valence-electron chi connectivity index (χ3n) is 6.14. The molecule has 3 heterocycles. The van der Waals surface area contributed by atoms with Gasteiger partial charge in [-0.2, -0.15) is 21.6 Å². The monoisotopic (exact) mass is 620 g/mol. The molecule has 5 rings (SSSR count). The van der Waals surface area contributed by atoms with Gasteiger partial charge in [0.05, 0.1) is 34.5 Å². The predicted octanol–water partition coefficient (Wildman–Crippen LogP) is 6.80. The minimum atomic E-state index is -4.88. The van der Waals surface area contributed by atoms with Crippen molar-refractivity contribution in [3.63, 3.8) is 0 Å². The highest BCUT2D eigenvalue weighted by Crippen LogP contribution is 2.40. The number of pyridine rings is 1. The van der Waals surface area contributed by atoms with Crippen molar-refractivity contribution < 1.29 is 34.7 Å². The number of hydrogen-bond donors (Lipinski definition) is 2. The number of rotatable bonds is 7. The van der Waals surface area contributed by atoms with Crippen LogP contribution in [0.3, 0.4) is 0 Å². The van der Waals surface area contributed by atoms with Gasteiger partial charge in [0.25, 0.3) is 10.1 Å². The van der Waals surface area contributed by atoms with E-state index in [2.05, 4.69) is 20.4 Å². The van der Waals surface area contributed by atoms with E-state index in [0.29, 0.717) is 17.6 Å². The molecule has 2 aromatic carbocycles. The Morgan fingerprint density at radius 3 is 2.28 bits per heavy atom. The molecule has 0 aliphatic rings. The van der Waals surface area contributed by atoms with Gasteiger partial charge in [-0.3, -0.25) is 4.57 Å². The Balaban J connectivity index is 1.74. The van der Waals surface area contributed by atoms with Gasteiger partial charge in [-0.1, -0.05) is 26.8 Å². The zero-order chi connectivity index (χ0) is 31.3. The van der Waals surface area contributed by atoms with E-state index < -0.39 is 44.9 Å². The average Bonchev–Trinajstić information content (AvgIpc) is 3.47. The third kappa shape index (κ3) is 6.51. The highest BCUT2D eigenvalue weighted by atomic mass is 32.2. The molecule has 3 aromatic heterocycles. The maximum absolute atomic E-state index is 14.9. The van der Waals surface area contributed by atoms with Gasteiger partial charge in [-0.25, -0.2) is 29.2 Å². The number of nitrogens with zero attached hydrogens (tertiary/aromatic N) is 4. The summed E-state index contributed by atoms with van der Waals surface area (Å²) < 4.78 is 99.9. The van der Waals surface area contributed by atoms with Crippen LogP contribution in [0, 0.1) is 17.0 Å². The predicted molar refractivity (Wildman–Crippen MR) is 150 cm³/mol. The number of H-pyrrole nitrogens is 1. The van der Waals surface area contributed by atoms with Gasteiger partial charge >= 0.3 is 6.18 Å². The molecule has 0 aliphatic carbocycles. The van der Waals surface area contributed by atoms with Crippen molar-refractivity contribution in [2.24, 2.45) is 5.41 Å². The summed E-state index contributed by atoms with van der Waals surface area (Å²) in [6, 6.07) is 10.8. The number of anilines is 1. The summed E-state index contributed by atoms with van der Waals surface area (Å²) in [6.07, 6.45) is -4.02. The second-order valence-electron chi connectivity index (χ2n) is 11.0. The fourth-order valence-corrected chi connectivity index (χ4v) is 4.68. The molecule has 2 N–H and O–H groups in total. The average molecular weight is 621 g/mol. The molecule has 0 amide bonds. The second kappa shape index (κ2) is 10.7. The van der Waals surface area contributed by atoms with Gasteiger partial charge in [0, 0.05) is 12.1 Å². The van der Waals surface area contributed by atoms with Crippen LogP contribution in [0.15, 0.2) is 54.6 Å². The van der Waals surface area contributed by atoms with Gasteiger partial charge in [0.1, 0.15) is 23.0 Å². The van der Waals surface area contributed by atoms with Gasteiger partial charge in [-0.15, -0.1) is 4.28 Å². The van der Waals surface area contributed by atoms with Crippen LogP contribution >= 0.6 is 0 Å². The van der Waals surface area contributed by atoms with E-state index in [1.165, 1.54) is 18.2 Å². The van der Waals surface area contributed by atoms with E-state index in [9.17, 15) is 30.4 Å². The van der Waals surface area contributed by atoms with Crippen LogP contribution in [0.1, 0.15) is 26.3 Å². The maximum atomic E-state index is 14.9. The van der Waals surface area contributed by atoms with E-state index in [0.717, 1.165) is 36.6 Å². The smallest absolute Gasteiger partial charge is 0.336 e. The zero-order valence-corrected chi connectivity index (χ0v) is 24.0. The Labute approximate surface area is 242 Å². The Bertz CT molecular complexity index is 1930. The van der Waals surface area contributed by atoms with Crippen LogP contribution in [0.2, 0.25) is 0 Å². The van der Waals surface area contributed by atoms with E-state index in [-0.39, 0.29) is 34.1 Å².